The molecule has 0 aliphatic carbocycles. The van der Waals surface area contributed by atoms with E-state index in [-0.39, 0.29) is 55.2 Å². The van der Waals surface area contributed by atoms with Crippen LogP contribution in [0.5, 0.6) is 0 Å². The minimum absolute atomic E-state index is 0.0302. The summed E-state index contributed by atoms with van der Waals surface area (Å²) in [5, 5.41) is 16.5. The smallest absolute Gasteiger partial charge is 0.237 e. The molecule has 0 saturated carbocycles. The van der Waals surface area contributed by atoms with Gasteiger partial charge in [-0.3, -0.25) is 39.2 Å². The van der Waals surface area contributed by atoms with Crippen molar-refractivity contribution in [2.45, 2.75) is 48.0 Å². The van der Waals surface area contributed by atoms with Gasteiger partial charge in [-0.1, -0.05) is 72.8 Å². The Balaban J connectivity index is 0.000000174. The molecule has 2 fully saturated rings. The van der Waals surface area contributed by atoms with Gasteiger partial charge in [0.25, 0.3) is 0 Å². The van der Waals surface area contributed by atoms with E-state index >= 15 is 0 Å². The predicted octanol–water partition coefficient (Wildman–Crippen LogP) is 10.8. The number of hydrogen-bond donors (Lipinski definition) is 2. The van der Waals surface area contributed by atoms with Gasteiger partial charge in [-0.25, -0.2) is 37.1 Å². The van der Waals surface area contributed by atoms with Crippen molar-refractivity contribution in [1.29, 1.82) is 0 Å². The molecule has 488 valence electrons. The van der Waals surface area contributed by atoms with Crippen LogP contribution in [0.1, 0.15) is 47.9 Å². The van der Waals surface area contributed by atoms with Crippen molar-refractivity contribution >= 4 is 77.9 Å². The molecule has 0 spiro atoms. The zero-order valence-corrected chi connectivity index (χ0v) is 54.8. The lowest BCUT2D eigenvalue weighted by molar-refractivity contribution is -0.132. The van der Waals surface area contributed by atoms with Crippen LogP contribution in [-0.4, -0.2) is 179 Å². The van der Waals surface area contributed by atoms with Crippen LogP contribution in [0.4, 0.5) is 8.78 Å². The van der Waals surface area contributed by atoms with E-state index in [9.17, 15) is 36.4 Å². The number of nitrogens with zero attached hydrogens (tertiary/aromatic N) is 10. The summed E-state index contributed by atoms with van der Waals surface area (Å²) in [6.07, 6.45) is 16.7. The van der Waals surface area contributed by atoms with Crippen molar-refractivity contribution in [2.24, 2.45) is 0 Å². The second-order valence-corrected chi connectivity index (χ2v) is 28.5. The van der Waals surface area contributed by atoms with Gasteiger partial charge in [0.05, 0.1) is 40.3 Å². The number of aromatic nitrogens is 8. The van der Waals surface area contributed by atoms with Gasteiger partial charge in [0.1, 0.15) is 16.4 Å². The highest BCUT2D eigenvalue weighted by atomic mass is 32.2. The number of hydrogen-bond acceptors (Lipinski definition) is 15. The number of carbonyl (C=O) groups excluding carboxylic acids is 4. The molecule has 0 unspecified atom stereocenters. The minimum atomic E-state index is -3.81. The molecule has 2 atom stereocenters. The quantitative estimate of drug-likeness (QED) is 0.0815. The number of benzene rings is 6. The van der Waals surface area contributed by atoms with E-state index in [0.717, 1.165) is 79.1 Å². The van der Waals surface area contributed by atoms with E-state index in [1.165, 1.54) is 29.8 Å². The van der Waals surface area contributed by atoms with Crippen molar-refractivity contribution in [3.05, 3.63) is 216 Å². The van der Waals surface area contributed by atoms with Gasteiger partial charge in [-0.15, -0.1) is 11.8 Å². The maximum Gasteiger partial charge on any atom is 0.237 e. The van der Waals surface area contributed by atoms with Gasteiger partial charge in [-0.05, 0) is 150 Å². The molecule has 2 N–H and O–H groups in total. The molecule has 2 amide bonds. The number of thioether (sulfide) groups is 1. The summed E-state index contributed by atoms with van der Waals surface area (Å²) in [6.45, 7) is 4.17. The third-order valence-electron chi connectivity index (χ3n) is 19.0. The number of likely N-dealkylation sites (tertiary alicyclic amines) is 2. The molecule has 6 aromatic carbocycles. The molecule has 14 rings (SSSR count). The number of sulfone groups is 1. The van der Waals surface area contributed by atoms with Crippen molar-refractivity contribution < 1.29 is 36.4 Å². The lowest BCUT2D eigenvalue weighted by Gasteiger charge is -2.29. The van der Waals surface area contributed by atoms with Gasteiger partial charge >= 0.3 is 0 Å². The van der Waals surface area contributed by atoms with Crippen LogP contribution in [-0.2, 0) is 41.9 Å². The summed E-state index contributed by atoms with van der Waals surface area (Å²) in [6, 6.07) is 43.5. The Kier molecular flexibility index (Phi) is 18.9. The van der Waals surface area contributed by atoms with Gasteiger partial charge in [0, 0.05) is 129 Å². The van der Waals surface area contributed by atoms with Gasteiger partial charge in [0.15, 0.2) is 33.1 Å². The number of rotatable bonds is 18. The Morgan fingerprint density at radius 1 is 0.521 bits per heavy atom. The number of ketones is 2. The molecule has 22 heteroatoms. The topological polar surface area (TPSA) is 224 Å². The highest BCUT2D eigenvalue weighted by Crippen LogP contribution is 2.38. The molecule has 0 bridgehead atoms. The maximum atomic E-state index is 13.9. The van der Waals surface area contributed by atoms with E-state index in [0.29, 0.717) is 100 Å². The molecule has 2 saturated heterocycles. The van der Waals surface area contributed by atoms with E-state index < -0.39 is 25.1 Å². The molecule has 18 nitrogen and oxygen atoms in total. The fraction of sp³-hybridized carbons (Fsp3) is 0.270. The van der Waals surface area contributed by atoms with Crippen LogP contribution in [0.2, 0.25) is 0 Å². The van der Waals surface area contributed by atoms with Gasteiger partial charge in [0.2, 0.25) is 11.8 Å². The molecule has 4 aromatic heterocycles. The maximum absolute atomic E-state index is 13.9. The number of carbonyl (C=O) groups is 4. The van der Waals surface area contributed by atoms with Crippen LogP contribution in [0.3, 0.4) is 0 Å². The van der Waals surface area contributed by atoms with Crippen LogP contribution in [0, 0.1) is 11.6 Å². The normalized spacial score (nSPS) is 18.5. The summed E-state index contributed by atoms with van der Waals surface area (Å²) in [5.74, 6) is 0.493. The number of amides is 2. The summed E-state index contributed by atoms with van der Waals surface area (Å²) in [5.41, 5.74) is 12.6. The molecule has 96 heavy (non-hydrogen) atoms. The van der Waals surface area contributed by atoms with Crippen LogP contribution in [0.25, 0.3) is 78.2 Å². The summed E-state index contributed by atoms with van der Waals surface area (Å²) in [4.78, 5) is 79.2. The van der Waals surface area contributed by atoms with E-state index in [4.69, 9.17) is 0 Å². The number of aromatic amines is 2. The Hall–Kier alpha value is -9.74. The van der Waals surface area contributed by atoms with Gasteiger partial charge in [-0.2, -0.15) is 10.2 Å². The lowest BCUT2D eigenvalue weighted by Crippen LogP contribution is -2.50. The van der Waals surface area contributed by atoms with Crippen LogP contribution < -0.4 is 0 Å². The summed E-state index contributed by atoms with van der Waals surface area (Å²) in [7, 11) is -3.81. The first-order valence-corrected chi connectivity index (χ1v) is 35.0. The highest BCUT2D eigenvalue weighted by molar-refractivity contribution is 8.00. The second-order valence-electron chi connectivity index (χ2n) is 24.9. The molecule has 0 radical (unpaired) electrons. The number of H-pyrrole nitrogens is 2. The first-order valence-electron chi connectivity index (χ1n) is 31.9. The molecule has 10 aromatic rings. The zero-order chi connectivity index (χ0) is 66.6. The fourth-order valence-corrected chi connectivity index (χ4v) is 15.7. The predicted molar refractivity (Wildman–Crippen MR) is 370 cm³/mol. The average Bonchev–Trinajstić information content (AvgIpc) is 1.55. The van der Waals surface area contributed by atoms with Crippen molar-refractivity contribution in [3.8, 4) is 45.3 Å². The number of fused-ring (bicyclic) bond motifs is 2. The highest BCUT2D eigenvalue weighted by Gasteiger charge is 2.52. The monoisotopic (exact) mass is 1320 g/mol. The molecule has 4 aliphatic rings. The fourth-order valence-electron chi connectivity index (χ4n) is 13.4. The van der Waals surface area contributed by atoms with Crippen molar-refractivity contribution in [1.82, 2.24) is 59.9 Å². The van der Waals surface area contributed by atoms with Gasteiger partial charge < -0.3 is 9.80 Å². The third-order valence-corrected chi connectivity index (χ3v) is 22.3. The Bertz CT molecular complexity index is 4710. The Morgan fingerprint density at radius 2 is 0.938 bits per heavy atom. The third kappa shape index (κ3) is 14.0. The van der Waals surface area contributed by atoms with E-state index in [1.807, 2.05) is 71.8 Å². The van der Waals surface area contributed by atoms with Crippen molar-refractivity contribution in [2.75, 3.05) is 78.0 Å². The second kappa shape index (κ2) is 27.9. The molecular weight excluding hydrogens is 1260 g/mol. The van der Waals surface area contributed by atoms with E-state index in [2.05, 4.69) is 69.5 Å². The minimum Gasteiger partial charge on any atom is -0.338 e. The molecular formula is C74H70F2N12O6S2. The molecule has 4 aliphatic heterocycles. The largest absolute Gasteiger partial charge is 0.338 e. The standard InChI is InChI=1S/C37H35FN6O4S.C37H35FN6O2S/c1-49(47,48)37(33(45)22-25-3-12-32-31(21-25)35(42-41-32)28-8-10-30(38)11-9-28)15-20-43(24-37)23-34(46)44-18-13-27(14-19-44)26-4-6-29(7-5-26)36-39-16-2-17-40-36;1-47-37(33(45)22-25-3-12-32-31(21-25)35(42-41-32)28-8-10-30(38)11-9-28)15-20-43(24-37)23-34(46)44-18-13-27(14-19-44)26-4-6-29(7-5-26)36-39-16-2-17-40-36/h2-13,16-17,21H,14-15,18-20,22-24H2,1H3,(H,41,42);2-13,16-17,21H,14-15,18-20,22-24H2,1H3,(H,41,42)/t2*37-/m00/s1. The summed E-state index contributed by atoms with van der Waals surface area (Å²) < 4.78 is 51.3. The van der Waals surface area contributed by atoms with Crippen LogP contribution >= 0.6 is 11.8 Å². The summed E-state index contributed by atoms with van der Waals surface area (Å²) >= 11 is 1.59. The van der Waals surface area contributed by atoms with Crippen molar-refractivity contribution in [3.63, 3.8) is 0 Å². The average molecular weight is 1330 g/mol. The molecule has 8 heterocycles. The lowest BCUT2D eigenvalue weighted by atomic mass is 9.95. The Morgan fingerprint density at radius 3 is 1.36 bits per heavy atom. The SMILES string of the molecule is CS(=O)(=O)[C@@]1(C(=O)Cc2ccc3[nH]nc(-c4ccc(F)cc4)c3c2)CCN(CC(=O)N2CC=C(c3ccc(-c4ncccn4)cc3)CC2)C1.CS[C@@]1(C(=O)Cc2ccc3[nH]nc(-c4ccc(F)cc4)c3c2)CCN(CC(=O)N2CC=C(c3ccc(-c4ncccn4)cc3)CC2)C1. The van der Waals surface area contributed by atoms with E-state index in [1.54, 1.807) is 94.9 Å². The zero-order valence-electron chi connectivity index (χ0n) is 53.1. The number of Topliss-reactive ketones (excluding diaryl/α,β-unsaturated/α-hetero) is 2. The number of nitrogens with one attached hydrogen (secondary N) is 2. The first-order chi connectivity index (χ1) is 46.5. The Labute approximate surface area is 558 Å². The number of halogens is 2. The van der Waals surface area contributed by atoms with Crippen LogP contribution in [0.15, 0.2) is 183 Å². The first kappa shape index (κ1) is 64.9.